The highest BCUT2D eigenvalue weighted by molar-refractivity contribution is 6.04. The lowest BCUT2D eigenvalue weighted by Crippen LogP contribution is -2.46. The van der Waals surface area contributed by atoms with E-state index in [4.69, 9.17) is 4.98 Å². The average molecular weight is 449 g/mol. The highest BCUT2D eigenvalue weighted by Gasteiger charge is 2.31. The Labute approximate surface area is 193 Å². The van der Waals surface area contributed by atoms with Gasteiger partial charge < -0.3 is 10.2 Å². The van der Waals surface area contributed by atoms with Crippen molar-refractivity contribution in [2.45, 2.75) is 64.5 Å². The molecule has 33 heavy (non-hydrogen) atoms. The molecule has 0 radical (unpaired) electrons. The van der Waals surface area contributed by atoms with E-state index in [9.17, 15) is 9.18 Å². The number of amides is 1. The first-order chi connectivity index (χ1) is 15.9. The molecule has 0 saturated heterocycles. The number of hydrogen-bond acceptors (Lipinski definition) is 5. The number of anilines is 2. The van der Waals surface area contributed by atoms with Crippen LogP contribution >= 0.6 is 0 Å². The summed E-state index contributed by atoms with van der Waals surface area (Å²) in [6, 6.07) is 3.49. The van der Waals surface area contributed by atoms with Gasteiger partial charge >= 0.3 is 0 Å². The van der Waals surface area contributed by atoms with Gasteiger partial charge in [0.15, 0.2) is 0 Å². The number of rotatable bonds is 7. The van der Waals surface area contributed by atoms with Crippen LogP contribution in [-0.2, 0) is 24.2 Å². The van der Waals surface area contributed by atoms with E-state index in [0.717, 1.165) is 66.0 Å². The fourth-order valence-electron chi connectivity index (χ4n) is 4.60. The first-order valence-electron chi connectivity index (χ1n) is 11.6. The zero-order valence-corrected chi connectivity index (χ0v) is 19.3. The van der Waals surface area contributed by atoms with E-state index in [1.54, 1.807) is 12.3 Å². The molecule has 3 aromatic rings. The van der Waals surface area contributed by atoms with Crippen molar-refractivity contribution in [2.75, 3.05) is 17.3 Å². The van der Waals surface area contributed by atoms with Gasteiger partial charge in [0, 0.05) is 31.1 Å². The molecule has 1 atom stereocenters. The number of fused-ring (bicyclic) bond motifs is 1. The minimum atomic E-state index is -0.206. The number of carbonyl (C=O) groups excluding carboxylic acids is 1. The Bertz CT molecular complexity index is 1200. The van der Waals surface area contributed by atoms with E-state index in [0.29, 0.717) is 18.2 Å². The van der Waals surface area contributed by atoms with Gasteiger partial charge in [-0.15, -0.1) is 0 Å². The summed E-state index contributed by atoms with van der Waals surface area (Å²) in [7, 11) is 1.97. The maximum atomic E-state index is 14.3. The second-order valence-electron chi connectivity index (χ2n) is 9.15. The lowest BCUT2D eigenvalue weighted by atomic mass is 10.0. The molecule has 0 unspecified atom stereocenters. The molecule has 3 aromatic heterocycles. The molecule has 0 aromatic carbocycles. The second-order valence-corrected chi connectivity index (χ2v) is 9.15. The molecular formula is C25H29FN6O. The molecule has 0 spiro atoms. The highest BCUT2D eigenvalue weighted by Crippen LogP contribution is 2.40. The zero-order chi connectivity index (χ0) is 23.1. The normalized spacial score (nSPS) is 17.8. The van der Waals surface area contributed by atoms with Crippen LogP contribution in [0.5, 0.6) is 0 Å². The average Bonchev–Trinajstić information content (AvgIpc) is 3.53. The number of nitrogens with one attached hydrogen (secondary N) is 1. The van der Waals surface area contributed by atoms with Crippen LogP contribution in [0, 0.1) is 12.7 Å². The number of likely N-dealkylation sites (N-methyl/N-ethyl adjacent to an activating group) is 1. The molecule has 7 nitrogen and oxygen atoms in total. The minimum Gasteiger partial charge on any atom is -0.361 e. The summed E-state index contributed by atoms with van der Waals surface area (Å²) in [6.45, 7) is 4.45. The maximum absolute atomic E-state index is 14.3. The quantitative estimate of drug-likeness (QED) is 0.591. The smallest absolute Gasteiger partial charge is 0.247 e. The molecule has 1 aliphatic carbocycles. The lowest BCUT2D eigenvalue weighted by molar-refractivity contribution is -0.117. The van der Waals surface area contributed by atoms with E-state index in [1.165, 1.54) is 0 Å². The molecule has 5 rings (SSSR count). The SMILES string of the molecule is CC[C@H]1C(=O)Nc2c(cc(CCc3cnn(Cc4cnc(C5CC5)c(F)c4)c3)nc2C)N1C. The molecule has 172 valence electrons. The van der Waals surface area contributed by atoms with Gasteiger partial charge in [-0.1, -0.05) is 6.92 Å². The van der Waals surface area contributed by atoms with Gasteiger partial charge in [-0.3, -0.25) is 19.4 Å². The highest BCUT2D eigenvalue weighted by atomic mass is 19.1. The van der Waals surface area contributed by atoms with E-state index in [-0.39, 0.29) is 17.8 Å². The first-order valence-corrected chi connectivity index (χ1v) is 11.6. The Balaban J connectivity index is 1.25. The first kappa shape index (κ1) is 21.6. The predicted molar refractivity (Wildman–Crippen MR) is 125 cm³/mol. The Morgan fingerprint density at radius 3 is 2.73 bits per heavy atom. The lowest BCUT2D eigenvalue weighted by Gasteiger charge is -2.35. The molecule has 8 heteroatoms. The van der Waals surface area contributed by atoms with Gasteiger partial charge in [0.1, 0.15) is 11.9 Å². The van der Waals surface area contributed by atoms with E-state index in [1.807, 2.05) is 42.9 Å². The number of aryl methyl sites for hydroxylation is 3. The second kappa shape index (κ2) is 8.57. The molecule has 1 fully saturated rings. The van der Waals surface area contributed by atoms with E-state index < -0.39 is 0 Å². The van der Waals surface area contributed by atoms with Crippen LogP contribution in [0.2, 0.25) is 0 Å². The minimum absolute atomic E-state index is 0.0230. The summed E-state index contributed by atoms with van der Waals surface area (Å²) in [4.78, 5) is 23.4. The standard InChI is InChI=1S/C25H29FN6O/c1-4-21-25(33)30-23-15(2)29-19(10-22(23)31(21)3)8-5-16-12-28-32(13-16)14-17-9-20(26)24(27-11-17)18-6-7-18/h9-13,18,21H,4-8,14H2,1-3H3,(H,30,33)/t21-/m0/s1. The maximum Gasteiger partial charge on any atom is 0.247 e. The van der Waals surface area contributed by atoms with Crippen LogP contribution in [-0.4, -0.2) is 38.7 Å². The van der Waals surface area contributed by atoms with Gasteiger partial charge in [0.2, 0.25) is 5.91 Å². The Kier molecular flexibility index (Phi) is 5.60. The Morgan fingerprint density at radius 1 is 1.18 bits per heavy atom. The van der Waals surface area contributed by atoms with Crippen LogP contribution in [0.15, 0.2) is 30.7 Å². The van der Waals surface area contributed by atoms with Crippen LogP contribution in [0.4, 0.5) is 15.8 Å². The van der Waals surface area contributed by atoms with E-state index >= 15 is 0 Å². The fraction of sp³-hybridized carbons (Fsp3) is 0.440. The number of halogens is 1. The summed E-state index contributed by atoms with van der Waals surface area (Å²) < 4.78 is 16.1. The van der Waals surface area contributed by atoms with Crippen molar-refractivity contribution < 1.29 is 9.18 Å². The molecule has 1 saturated carbocycles. The molecule has 1 N–H and O–H groups in total. The third-order valence-electron chi connectivity index (χ3n) is 6.61. The third kappa shape index (κ3) is 4.34. The van der Waals surface area contributed by atoms with Crippen LogP contribution in [0.1, 0.15) is 60.3 Å². The van der Waals surface area contributed by atoms with Crippen molar-refractivity contribution in [3.8, 4) is 0 Å². The summed E-state index contributed by atoms with van der Waals surface area (Å²) in [5.74, 6) is 0.123. The summed E-state index contributed by atoms with van der Waals surface area (Å²) in [6.07, 6.45) is 10.0. The van der Waals surface area contributed by atoms with Gasteiger partial charge in [-0.2, -0.15) is 5.10 Å². The fourth-order valence-corrected chi connectivity index (χ4v) is 4.60. The number of aromatic nitrogens is 4. The topological polar surface area (TPSA) is 75.9 Å². The largest absolute Gasteiger partial charge is 0.361 e. The van der Waals surface area contributed by atoms with Crippen molar-refractivity contribution in [3.63, 3.8) is 0 Å². The van der Waals surface area contributed by atoms with E-state index in [2.05, 4.69) is 21.5 Å². The van der Waals surface area contributed by atoms with Crippen molar-refractivity contribution in [3.05, 3.63) is 64.7 Å². The monoisotopic (exact) mass is 448 g/mol. The van der Waals surface area contributed by atoms with Crippen molar-refractivity contribution in [2.24, 2.45) is 0 Å². The van der Waals surface area contributed by atoms with Gasteiger partial charge in [0.25, 0.3) is 0 Å². The van der Waals surface area contributed by atoms with Crippen molar-refractivity contribution >= 4 is 17.3 Å². The summed E-state index contributed by atoms with van der Waals surface area (Å²) >= 11 is 0. The number of pyridine rings is 2. The Hall–Kier alpha value is -3.29. The third-order valence-corrected chi connectivity index (χ3v) is 6.61. The molecule has 1 aliphatic heterocycles. The number of nitrogens with zero attached hydrogens (tertiary/aromatic N) is 5. The predicted octanol–water partition coefficient (Wildman–Crippen LogP) is 4.00. The molecule has 0 bridgehead atoms. The number of carbonyl (C=O) groups is 1. The molecule has 4 heterocycles. The Morgan fingerprint density at radius 2 is 2.00 bits per heavy atom. The van der Waals surface area contributed by atoms with Crippen LogP contribution in [0.3, 0.4) is 0 Å². The summed E-state index contributed by atoms with van der Waals surface area (Å²) in [5.41, 5.74) is 6.15. The number of hydrogen-bond donors (Lipinski definition) is 1. The zero-order valence-electron chi connectivity index (χ0n) is 19.3. The van der Waals surface area contributed by atoms with Crippen LogP contribution < -0.4 is 10.2 Å². The molecular weight excluding hydrogens is 419 g/mol. The van der Waals surface area contributed by atoms with Crippen LogP contribution in [0.25, 0.3) is 0 Å². The van der Waals surface area contributed by atoms with Gasteiger partial charge in [0.05, 0.1) is 35.5 Å². The summed E-state index contributed by atoms with van der Waals surface area (Å²) in [5, 5.41) is 7.46. The van der Waals surface area contributed by atoms with Gasteiger partial charge in [-0.25, -0.2) is 4.39 Å². The molecule has 1 amide bonds. The van der Waals surface area contributed by atoms with Crippen molar-refractivity contribution in [1.82, 2.24) is 19.7 Å². The van der Waals surface area contributed by atoms with Crippen molar-refractivity contribution in [1.29, 1.82) is 0 Å². The van der Waals surface area contributed by atoms with Gasteiger partial charge in [-0.05, 0) is 62.3 Å². The molecule has 2 aliphatic rings.